The van der Waals surface area contributed by atoms with Gasteiger partial charge in [-0.05, 0) is 55.7 Å². The van der Waals surface area contributed by atoms with Gasteiger partial charge in [0, 0.05) is 12.7 Å². The Bertz CT molecular complexity index is 1020. The van der Waals surface area contributed by atoms with Crippen LogP contribution in [0.25, 0.3) is 0 Å². The molecule has 1 heterocycles. The van der Waals surface area contributed by atoms with Crippen molar-refractivity contribution in [2.45, 2.75) is 39.0 Å². The Hall–Kier alpha value is -3.00. The number of ether oxygens (including phenoxy) is 2. The molecule has 3 aromatic rings. The van der Waals surface area contributed by atoms with Crippen molar-refractivity contribution in [3.63, 3.8) is 0 Å². The summed E-state index contributed by atoms with van der Waals surface area (Å²) in [6.07, 6.45) is 0.971. The van der Waals surface area contributed by atoms with Crippen molar-refractivity contribution < 1.29 is 14.3 Å². The number of hydrogen-bond acceptors (Lipinski definition) is 6. The first kappa shape index (κ1) is 22.7. The summed E-state index contributed by atoms with van der Waals surface area (Å²) in [4.78, 5) is 12.3. The molecule has 7 nitrogen and oxygen atoms in total. The number of amides is 1. The number of nitrogens with zero attached hydrogens (tertiary/aromatic N) is 3. The second-order valence-electron chi connectivity index (χ2n) is 7.02. The lowest BCUT2D eigenvalue weighted by Gasteiger charge is -2.12. The summed E-state index contributed by atoms with van der Waals surface area (Å²) in [5.74, 6) is 2.20. The van der Waals surface area contributed by atoms with Gasteiger partial charge in [-0.1, -0.05) is 36.9 Å². The molecular formula is C23H28N4O3S. The fourth-order valence-corrected chi connectivity index (χ4v) is 3.62. The maximum absolute atomic E-state index is 12.3. The summed E-state index contributed by atoms with van der Waals surface area (Å²) in [6, 6.07) is 13.7. The minimum absolute atomic E-state index is 0.0870. The lowest BCUT2D eigenvalue weighted by molar-refractivity contribution is -0.113. The van der Waals surface area contributed by atoms with Crippen molar-refractivity contribution in [1.82, 2.24) is 14.8 Å². The van der Waals surface area contributed by atoms with E-state index < -0.39 is 0 Å². The van der Waals surface area contributed by atoms with Crippen LogP contribution < -0.4 is 14.8 Å². The molecule has 0 fully saturated rings. The zero-order valence-corrected chi connectivity index (χ0v) is 19.2. The third-order valence-electron chi connectivity index (χ3n) is 4.66. The number of aromatic nitrogens is 3. The van der Waals surface area contributed by atoms with Crippen molar-refractivity contribution >= 4 is 23.4 Å². The molecule has 31 heavy (non-hydrogen) atoms. The molecule has 1 amide bonds. The van der Waals surface area contributed by atoms with Crippen molar-refractivity contribution in [3.05, 3.63) is 59.4 Å². The van der Waals surface area contributed by atoms with E-state index >= 15 is 0 Å². The van der Waals surface area contributed by atoms with Gasteiger partial charge in [0.15, 0.2) is 22.5 Å². The molecule has 0 saturated carbocycles. The average molecular weight is 441 g/mol. The maximum atomic E-state index is 12.3. The fraction of sp³-hybridized carbons (Fsp3) is 0.348. The number of hydrogen-bond donors (Lipinski definition) is 1. The van der Waals surface area contributed by atoms with Crippen LogP contribution in [0.3, 0.4) is 0 Å². The number of anilines is 1. The molecule has 0 atom stereocenters. The summed E-state index contributed by atoms with van der Waals surface area (Å²) in [5.41, 5.74) is 3.13. The molecule has 0 aliphatic rings. The van der Waals surface area contributed by atoms with Crippen LogP contribution >= 0.6 is 11.8 Å². The number of nitrogens with one attached hydrogen (secondary N) is 1. The maximum Gasteiger partial charge on any atom is 0.234 e. The Morgan fingerprint density at radius 3 is 2.55 bits per heavy atom. The summed E-state index contributed by atoms with van der Waals surface area (Å²) in [6.45, 7) is 6.87. The molecule has 0 saturated heterocycles. The highest BCUT2D eigenvalue weighted by molar-refractivity contribution is 7.99. The Balaban J connectivity index is 1.54. The van der Waals surface area contributed by atoms with Crippen LogP contribution in [-0.2, 0) is 24.9 Å². The Labute approximate surface area is 187 Å². The summed E-state index contributed by atoms with van der Waals surface area (Å²) in [5, 5.41) is 11.9. The van der Waals surface area contributed by atoms with E-state index in [-0.39, 0.29) is 18.3 Å². The van der Waals surface area contributed by atoms with E-state index in [0.29, 0.717) is 29.1 Å². The van der Waals surface area contributed by atoms with Gasteiger partial charge in [-0.25, -0.2) is 0 Å². The highest BCUT2D eigenvalue weighted by Crippen LogP contribution is 2.29. The number of carbonyl (C=O) groups excluding carboxylic acids is 1. The van der Waals surface area contributed by atoms with Crippen LogP contribution in [0.15, 0.2) is 47.6 Å². The van der Waals surface area contributed by atoms with Crippen LogP contribution in [0, 0.1) is 6.92 Å². The zero-order valence-electron chi connectivity index (χ0n) is 18.3. The molecule has 0 spiro atoms. The molecule has 3 rings (SSSR count). The van der Waals surface area contributed by atoms with Gasteiger partial charge in [0.1, 0.15) is 6.61 Å². The topological polar surface area (TPSA) is 78.3 Å². The largest absolute Gasteiger partial charge is 0.490 e. The summed E-state index contributed by atoms with van der Waals surface area (Å²) >= 11 is 1.33. The van der Waals surface area contributed by atoms with Gasteiger partial charge in [-0.15, -0.1) is 10.2 Å². The Morgan fingerprint density at radius 2 is 1.84 bits per heavy atom. The van der Waals surface area contributed by atoms with Crippen molar-refractivity contribution in [3.8, 4) is 11.5 Å². The predicted molar refractivity (Wildman–Crippen MR) is 123 cm³/mol. The minimum atomic E-state index is -0.0870. The van der Waals surface area contributed by atoms with E-state index in [1.165, 1.54) is 17.3 Å². The first-order chi connectivity index (χ1) is 15.0. The fourth-order valence-electron chi connectivity index (χ4n) is 2.89. The molecule has 0 unspecified atom stereocenters. The van der Waals surface area contributed by atoms with Crippen molar-refractivity contribution in [2.75, 3.05) is 17.7 Å². The number of rotatable bonds is 10. The highest BCUT2D eigenvalue weighted by Gasteiger charge is 2.13. The van der Waals surface area contributed by atoms with E-state index in [0.717, 1.165) is 17.7 Å². The molecule has 1 aromatic heterocycles. The number of aryl methyl sites for hydroxylation is 2. The van der Waals surface area contributed by atoms with Gasteiger partial charge in [0.2, 0.25) is 5.91 Å². The first-order valence-corrected chi connectivity index (χ1v) is 11.2. The first-order valence-electron chi connectivity index (χ1n) is 10.3. The molecule has 1 N–H and O–H groups in total. The SMILES string of the molecule is CCOc1cc(C)ccc1OCc1nnc(SCC(=O)Nc2ccc(CC)cc2)n1C. The van der Waals surface area contributed by atoms with Crippen molar-refractivity contribution in [2.24, 2.45) is 7.05 Å². The van der Waals surface area contributed by atoms with E-state index in [2.05, 4.69) is 22.4 Å². The van der Waals surface area contributed by atoms with Gasteiger partial charge in [0.25, 0.3) is 0 Å². The second kappa shape index (κ2) is 10.9. The third-order valence-corrected chi connectivity index (χ3v) is 5.68. The average Bonchev–Trinajstić information content (AvgIpc) is 3.12. The Kier molecular flexibility index (Phi) is 7.94. The third kappa shape index (κ3) is 6.24. The number of thioether (sulfide) groups is 1. The van der Waals surface area contributed by atoms with Crippen LogP contribution in [0.2, 0.25) is 0 Å². The van der Waals surface area contributed by atoms with Gasteiger partial charge in [-0.2, -0.15) is 0 Å². The monoisotopic (exact) mass is 440 g/mol. The van der Waals surface area contributed by atoms with E-state index in [9.17, 15) is 4.79 Å². The zero-order chi connectivity index (χ0) is 22.2. The Morgan fingerprint density at radius 1 is 1.06 bits per heavy atom. The van der Waals surface area contributed by atoms with Gasteiger partial charge in [0.05, 0.1) is 12.4 Å². The molecule has 164 valence electrons. The summed E-state index contributed by atoms with van der Waals surface area (Å²) < 4.78 is 13.4. The lowest BCUT2D eigenvalue weighted by atomic mass is 10.1. The molecule has 8 heteroatoms. The van der Waals surface area contributed by atoms with Crippen LogP contribution in [0.5, 0.6) is 11.5 Å². The smallest absolute Gasteiger partial charge is 0.234 e. The van der Waals surface area contributed by atoms with E-state index in [1.807, 2.05) is 67.9 Å². The lowest BCUT2D eigenvalue weighted by Crippen LogP contribution is -2.14. The summed E-state index contributed by atoms with van der Waals surface area (Å²) in [7, 11) is 1.86. The van der Waals surface area contributed by atoms with E-state index in [1.54, 1.807) is 0 Å². The number of carbonyl (C=O) groups is 1. The van der Waals surface area contributed by atoms with Crippen LogP contribution in [0.4, 0.5) is 5.69 Å². The molecule has 2 aromatic carbocycles. The molecule has 0 radical (unpaired) electrons. The standard InChI is InChI=1S/C23H28N4O3S/c1-5-17-8-10-18(11-9-17)24-22(28)15-31-23-26-25-21(27(23)4)14-30-19-12-7-16(3)13-20(19)29-6-2/h7-13H,5-6,14-15H2,1-4H3,(H,24,28). The van der Waals surface area contributed by atoms with Crippen LogP contribution in [-0.4, -0.2) is 33.0 Å². The van der Waals surface area contributed by atoms with Crippen LogP contribution in [0.1, 0.15) is 30.8 Å². The molecular weight excluding hydrogens is 412 g/mol. The van der Waals surface area contributed by atoms with E-state index in [4.69, 9.17) is 9.47 Å². The number of benzene rings is 2. The van der Waals surface area contributed by atoms with Gasteiger partial charge < -0.3 is 19.4 Å². The predicted octanol–water partition coefficient (Wildman–Crippen LogP) is 4.39. The van der Waals surface area contributed by atoms with Gasteiger partial charge >= 0.3 is 0 Å². The highest BCUT2D eigenvalue weighted by atomic mass is 32.2. The van der Waals surface area contributed by atoms with Gasteiger partial charge in [-0.3, -0.25) is 4.79 Å². The van der Waals surface area contributed by atoms with Crippen molar-refractivity contribution in [1.29, 1.82) is 0 Å². The molecule has 0 aliphatic carbocycles. The minimum Gasteiger partial charge on any atom is -0.490 e. The second-order valence-corrected chi connectivity index (χ2v) is 7.96. The normalized spacial score (nSPS) is 10.7. The quantitative estimate of drug-likeness (QED) is 0.471. The molecule has 0 aliphatic heterocycles. The molecule has 0 bridgehead atoms.